The second-order valence-electron chi connectivity index (χ2n) is 3.31. The van der Waals surface area contributed by atoms with Gasteiger partial charge in [0.05, 0.1) is 0 Å². The quantitative estimate of drug-likeness (QED) is 0.632. The summed E-state index contributed by atoms with van der Waals surface area (Å²) < 4.78 is 38.9. The first-order valence-corrected chi connectivity index (χ1v) is 3.97. The van der Waals surface area contributed by atoms with Crippen LogP contribution in [0.25, 0.3) is 0 Å². The van der Waals surface area contributed by atoms with E-state index in [1.54, 1.807) is 6.92 Å². The molecule has 0 atom stereocenters. The van der Waals surface area contributed by atoms with Crippen molar-refractivity contribution < 1.29 is 13.2 Å². The van der Waals surface area contributed by atoms with E-state index in [2.05, 4.69) is 0 Å². The molecule has 0 spiro atoms. The lowest BCUT2D eigenvalue weighted by Gasteiger charge is -2.14. The molecule has 0 N–H and O–H groups in total. The fraction of sp³-hybridized carbons (Fsp3) is 0.400. The standard InChI is InChI=1S/C10H11F3/c1-6-4-8(10(3,12)13)7(2)9(11)5-6/h4-5H,1-3H3. The third kappa shape index (κ3) is 2.02. The zero-order valence-electron chi connectivity index (χ0n) is 7.79. The molecule has 13 heavy (non-hydrogen) atoms. The minimum absolute atomic E-state index is 0.0260. The maximum absolute atomic E-state index is 13.0. The Balaban J connectivity index is 3.37. The van der Waals surface area contributed by atoms with Crippen LogP contribution in [0.5, 0.6) is 0 Å². The van der Waals surface area contributed by atoms with Crippen molar-refractivity contribution in [2.75, 3.05) is 0 Å². The summed E-state index contributed by atoms with van der Waals surface area (Å²) in [7, 11) is 0. The predicted molar refractivity (Wildman–Crippen MR) is 45.4 cm³/mol. The van der Waals surface area contributed by atoms with Crippen molar-refractivity contribution in [1.29, 1.82) is 0 Å². The van der Waals surface area contributed by atoms with Crippen LogP contribution in [0.2, 0.25) is 0 Å². The highest BCUT2D eigenvalue weighted by molar-refractivity contribution is 5.34. The molecule has 0 nitrogen and oxygen atoms in total. The van der Waals surface area contributed by atoms with E-state index in [1.165, 1.54) is 19.1 Å². The van der Waals surface area contributed by atoms with Crippen LogP contribution in [0.3, 0.4) is 0 Å². The van der Waals surface area contributed by atoms with Crippen LogP contribution in [0.15, 0.2) is 12.1 Å². The zero-order chi connectivity index (χ0) is 10.2. The van der Waals surface area contributed by atoms with Gasteiger partial charge in [0, 0.05) is 12.5 Å². The number of alkyl halides is 2. The molecule has 0 bridgehead atoms. The van der Waals surface area contributed by atoms with E-state index >= 15 is 0 Å². The van der Waals surface area contributed by atoms with Crippen LogP contribution in [0, 0.1) is 19.7 Å². The first-order chi connectivity index (χ1) is 5.82. The lowest BCUT2D eigenvalue weighted by molar-refractivity contribution is 0.0164. The van der Waals surface area contributed by atoms with E-state index in [1.807, 2.05) is 0 Å². The molecule has 3 heteroatoms. The van der Waals surface area contributed by atoms with Crippen molar-refractivity contribution in [1.82, 2.24) is 0 Å². The van der Waals surface area contributed by atoms with Gasteiger partial charge in [-0.05, 0) is 37.1 Å². The van der Waals surface area contributed by atoms with E-state index in [0.29, 0.717) is 5.56 Å². The van der Waals surface area contributed by atoms with Crippen molar-refractivity contribution >= 4 is 0 Å². The van der Waals surface area contributed by atoms with Gasteiger partial charge in [0.2, 0.25) is 0 Å². The molecule has 1 aromatic carbocycles. The van der Waals surface area contributed by atoms with Crippen LogP contribution in [0.4, 0.5) is 13.2 Å². The minimum Gasteiger partial charge on any atom is -0.207 e. The topological polar surface area (TPSA) is 0 Å². The smallest absolute Gasteiger partial charge is 0.207 e. The summed E-state index contributed by atoms with van der Waals surface area (Å²) in [5.41, 5.74) is 0.308. The molecule has 72 valence electrons. The van der Waals surface area contributed by atoms with E-state index < -0.39 is 11.7 Å². The van der Waals surface area contributed by atoms with Crippen LogP contribution < -0.4 is 0 Å². The van der Waals surface area contributed by atoms with Gasteiger partial charge in [-0.15, -0.1) is 0 Å². The van der Waals surface area contributed by atoms with Gasteiger partial charge < -0.3 is 0 Å². The summed E-state index contributed by atoms with van der Waals surface area (Å²) in [6.45, 7) is 3.73. The fourth-order valence-electron chi connectivity index (χ4n) is 1.27. The SMILES string of the molecule is Cc1cc(F)c(C)c(C(C)(F)F)c1. The average molecular weight is 188 g/mol. The van der Waals surface area contributed by atoms with Gasteiger partial charge in [0.1, 0.15) is 5.82 Å². The normalized spacial score (nSPS) is 11.8. The monoisotopic (exact) mass is 188 g/mol. The van der Waals surface area contributed by atoms with E-state index in [9.17, 15) is 13.2 Å². The Labute approximate surface area is 75.4 Å². The van der Waals surface area contributed by atoms with Gasteiger partial charge in [-0.1, -0.05) is 0 Å². The highest BCUT2D eigenvalue weighted by Gasteiger charge is 2.27. The van der Waals surface area contributed by atoms with Crippen molar-refractivity contribution in [3.05, 3.63) is 34.6 Å². The lowest BCUT2D eigenvalue weighted by atomic mass is 10.0. The number of hydrogen-bond donors (Lipinski definition) is 0. The van der Waals surface area contributed by atoms with Crippen LogP contribution in [-0.2, 0) is 5.92 Å². The number of benzene rings is 1. The maximum Gasteiger partial charge on any atom is 0.270 e. The molecule has 0 amide bonds. The molecule has 0 heterocycles. The summed E-state index contributed by atoms with van der Waals surface area (Å²) in [5.74, 6) is -3.55. The summed E-state index contributed by atoms with van der Waals surface area (Å²) in [5, 5.41) is 0. The average Bonchev–Trinajstić information content (AvgIpc) is 1.94. The number of rotatable bonds is 1. The molecule has 0 saturated heterocycles. The first kappa shape index (κ1) is 10.1. The predicted octanol–water partition coefficient (Wildman–Crippen LogP) is 3.55. The maximum atomic E-state index is 13.0. The molecule has 0 unspecified atom stereocenters. The molecule has 0 radical (unpaired) electrons. The van der Waals surface area contributed by atoms with Crippen molar-refractivity contribution in [2.45, 2.75) is 26.7 Å². The molecule has 0 fully saturated rings. The molecule has 1 aromatic rings. The molecule has 0 aliphatic rings. The van der Waals surface area contributed by atoms with E-state index in [-0.39, 0.29) is 11.1 Å². The van der Waals surface area contributed by atoms with Crippen LogP contribution in [0.1, 0.15) is 23.6 Å². The summed E-state index contributed by atoms with van der Waals surface area (Å²) >= 11 is 0. The molecule has 0 aliphatic heterocycles. The fourth-order valence-corrected chi connectivity index (χ4v) is 1.27. The van der Waals surface area contributed by atoms with Crippen molar-refractivity contribution in [3.8, 4) is 0 Å². The molecular formula is C10H11F3. The second-order valence-corrected chi connectivity index (χ2v) is 3.31. The third-order valence-corrected chi connectivity index (χ3v) is 1.96. The van der Waals surface area contributed by atoms with Crippen LogP contribution in [-0.4, -0.2) is 0 Å². The Kier molecular flexibility index (Phi) is 2.37. The highest BCUT2D eigenvalue weighted by Crippen LogP contribution is 2.31. The molecule has 0 saturated carbocycles. The summed E-state index contributed by atoms with van der Waals surface area (Å²) in [6.07, 6.45) is 0. The van der Waals surface area contributed by atoms with Gasteiger partial charge >= 0.3 is 0 Å². The third-order valence-electron chi connectivity index (χ3n) is 1.96. The number of aryl methyl sites for hydroxylation is 1. The van der Waals surface area contributed by atoms with Gasteiger partial charge in [-0.3, -0.25) is 0 Å². The molecule has 0 aliphatic carbocycles. The second kappa shape index (κ2) is 3.05. The molecular weight excluding hydrogens is 177 g/mol. The van der Waals surface area contributed by atoms with Crippen molar-refractivity contribution in [2.24, 2.45) is 0 Å². The Morgan fingerprint density at radius 3 is 2.15 bits per heavy atom. The van der Waals surface area contributed by atoms with Crippen molar-refractivity contribution in [3.63, 3.8) is 0 Å². The van der Waals surface area contributed by atoms with Gasteiger partial charge in [0.25, 0.3) is 5.92 Å². The Hall–Kier alpha value is -0.990. The van der Waals surface area contributed by atoms with E-state index in [4.69, 9.17) is 0 Å². The Morgan fingerprint density at radius 1 is 1.15 bits per heavy atom. The van der Waals surface area contributed by atoms with Crippen LogP contribution >= 0.6 is 0 Å². The first-order valence-electron chi connectivity index (χ1n) is 3.97. The van der Waals surface area contributed by atoms with Gasteiger partial charge in [-0.2, -0.15) is 0 Å². The number of hydrogen-bond acceptors (Lipinski definition) is 0. The Bertz CT molecular complexity index is 324. The molecule has 1 rings (SSSR count). The lowest BCUT2D eigenvalue weighted by Crippen LogP contribution is -2.10. The van der Waals surface area contributed by atoms with Gasteiger partial charge in [-0.25, -0.2) is 13.2 Å². The largest absolute Gasteiger partial charge is 0.270 e. The Morgan fingerprint density at radius 2 is 1.69 bits per heavy atom. The summed E-state index contributed by atoms with van der Waals surface area (Å²) in [4.78, 5) is 0. The highest BCUT2D eigenvalue weighted by atomic mass is 19.3. The minimum atomic E-state index is -2.98. The molecule has 0 aromatic heterocycles. The number of halogens is 3. The van der Waals surface area contributed by atoms with E-state index in [0.717, 1.165) is 6.92 Å². The summed E-state index contributed by atoms with van der Waals surface area (Å²) in [6, 6.07) is 2.57. The zero-order valence-corrected chi connectivity index (χ0v) is 7.79. The van der Waals surface area contributed by atoms with Gasteiger partial charge in [0.15, 0.2) is 0 Å².